The van der Waals surface area contributed by atoms with Crippen molar-refractivity contribution in [1.82, 2.24) is 15.1 Å². The van der Waals surface area contributed by atoms with Crippen LogP contribution in [0.25, 0.3) is 0 Å². The summed E-state index contributed by atoms with van der Waals surface area (Å²) in [5.41, 5.74) is 0. The second-order valence-electron chi connectivity index (χ2n) is 4.98. The molecule has 2 atom stereocenters. The number of alkyl halides is 2. The number of amides is 2. The van der Waals surface area contributed by atoms with E-state index in [1.165, 1.54) is 12.3 Å². The smallest absolute Gasteiger partial charge is 0.320 e. The summed E-state index contributed by atoms with van der Waals surface area (Å²) in [4.78, 5) is 11.9. The number of carbonyl (C=O) groups is 1. The van der Waals surface area contributed by atoms with Gasteiger partial charge in [0.1, 0.15) is 6.54 Å². The van der Waals surface area contributed by atoms with Gasteiger partial charge >= 0.3 is 6.03 Å². The van der Waals surface area contributed by atoms with Gasteiger partial charge in [0.2, 0.25) is 0 Å². The lowest BCUT2D eigenvalue weighted by atomic mass is 10.1. The number of hydrogen-bond donors (Lipinski definition) is 2. The first-order valence-electron chi connectivity index (χ1n) is 7.09. The fourth-order valence-corrected chi connectivity index (χ4v) is 2.37. The highest BCUT2D eigenvalue weighted by molar-refractivity contribution is 5.88. The van der Waals surface area contributed by atoms with E-state index in [4.69, 9.17) is 4.74 Å². The normalized spacial score (nSPS) is 19.7. The number of rotatable bonds is 6. The summed E-state index contributed by atoms with van der Waals surface area (Å²) in [6, 6.07) is 1.02. The van der Waals surface area contributed by atoms with Gasteiger partial charge in [-0.3, -0.25) is 10.00 Å². The van der Waals surface area contributed by atoms with Gasteiger partial charge in [0.25, 0.3) is 6.43 Å². The molecule has 1 saturated heterocycles. The Balaban J connectivity index is 1.84. The number of halogens is 2. The standard InChI is InChI=1S/C13H20F2N4O2/c1-2-9(10-4-3-7-21-10)16-13(20)17-12-5-6-19(18-12)8-11(14)15/h5-6,9-11H,2-4,7-8H2,1H3,(H2,16,17,18,20)/t9-,10+/m0/s1. The average Bonchev–Trinajstić information content (AvgIpc) is 3.07. The third-order valence-electron chi connectivity index (χ3n) is 3.38. The molecule has 2 N–H and O–H groups in total. The highest BCUT2D eigenvalue weighted by atomic mass is 19.3. The van der Waals surface area contributed by atoms with Crippen LogP contribution in [-0.4, -0.2) is 41.0 Å². The van der Waals surface area contributed by atoms with E-state index in [1.54, 1.807) is 0 Å². The van der Waals surface area contributed by atoms with Crippen molar-refractivity contribution in [1.29, 1.82) is 0 Å². The van der Waals surface area contributed by atoms with Crippen molar-refractivity contribution in [3.05, 3.63) is 12.3 Å². The molecule has 0 aliphatic carbocycles. The lowest BCUT2D eigenvalue weighted by Crippen LogP contribution is -2.44. The third-order valence-corrected chi connectivity index (χ3v) is 3.38. The molecule has 0 bridgehead atoms. The van der Waals surface area contributed by atoms with E-state index >= 15 is 0 Å². The molecule has 8 heteroatoms. The van der Waals surface area contributed by atoms with Crippen molar-refractivity contribution in [3.8, 4) is 0 Å². The van der Waals surface area contributed by atoms with Crippen molar-refractivity contribution in [2.24, 2.45) is 0 Å². The summed E-state index contributed by atoms with van der Waals surface area (Å²) in [6.45, 7) is 2.21. The van der Waals surface area contributed by atoms with Crippen LogP contribution in [-0.2, 0) is 11.3 Å². The SMILES string of the molecule is CC[C@H](NC(=O)Nc1ccn(CC(F)F)n1)[C@H]1CCCO1. The number of urea groups is 1. The largest absolute Gasteiger partial charge is 0.376 e. The van der Waals surface area contributed by atoms with E-state index in [0.29, 0.717) is 0 Å². The van der Waals surface area contributed by atoms with Crippen molar-refractivity contribution in [3.63, 3.8) is 0 Å². The Morgan fingerprint density at radius 1 is 1.62 bits per heavy atom. The summed E-state index contributed by atoms with van der Waals surface area (Å²) < 4.78 is 31.1. The molecule has 1 fully saturated rings. The topological polar surface area (TPSA) is 68.2 Å². The van der Waals surface area contributed by atoms with Crippen molar-refractivity contribution in [2.45, 2.75) is 51.3 Å². The first kappa shape index (κ1) is 15.7. The molecular formula is C13H20F2N4O2. The van der Waals surface area contributed by atoms with E-state index in [1.807, 2.05) is 6.92 Å². The summed E-state index contributed by atoms with van der Waals surface area (Å²) in [5, 5.41) is 9.23. The first-order chi connectivity index (χ1) is 10.1. The lowest BCUT2D eigenvalue weighted by Gasteiger charge is -2.22. The van der Waals surface area contributed by atoms with E-state index in [-0.39, 0.29) is 18.0 Å². The van der Waals surface area contributed by atoms with Gasteiger partial charge in [-0.15, -0.1) is 0 Å². The second-order valence-corrected chi connectivity index (χ2v) is 4.98. The monoisotopic (exact) mass is 302 g/mol. The maximum absolute atomic E-state index is 12.2. The number of anilines is 1. The van der Waals surface area contributed by atoms with Crippen molar-refractivity contribution < 1.29 is 18.3 Å². The molecule has 0 saturated carbocycles. The maximum atomic E-state index is 12.2. The lowest BCUT2D eigenvalue weighted by molar-refractivity contribution is 0.0804. The second kappa shape index (κ2) is 7.35. The Morgan fingerprint density at radius 2 is 2.43 bits per heavy atom. The van der Waals surface area contributed by atoms with Crippen molar-refractivity contribution >= 4 is 11.8 Å². The third kappa shape index (κ3) is 4.66. The maximum Gasteiger partial charge on any atom is 0.320 e. The number of nitrogens with one attached hydrogen (secondary N) is 2. The first-order valence-corrected chi connectivity index (χ1v) is 7.09. The predicted molar refractivity (Wildman–Crippen MR) is 73.4 cm³/mol. The zero-order valence-corrected chi connectivity index (χ0v) is 11.9. The van der Waals surface area contributed by atoms with Gasteiger partial charge in [-0.2, -0.15) is 5.10 Å². The van der Waals surface area contributed by atoms with Crippen LogP contribution in [0.1, 0.15) is 26.2 Å². The van der Waals surface area contributed by atoms with Crippen LogP contribution in [0, 0.1) is 0 Å². The zero-order valence-electron chi connectivity index (χ0n) is 11.9. The van der Waals surface area contributed by atoms with Gasteiger partial charge < -0.3 is 10.1 Å². The van der Waals surface area contributed by atoms with Gasteiger partial charge in [0.05, 0.1) is 12.1 Å². The molecule has 0 unspecified atom stereocenters. The highest BCUT2D eigenvalue weighted by Crippen LogP contribution is 2.17. The molecule has 1 aromatic rings. The van der Waals surface area contributed by atoms with Crippen molar-refractivity contribution in [2.75, 3.05) is 11.9 Å². The summed E-state index contributed by atoms with van der Waals surface area (Å²) in [7, 11) is 0. The fourth-order valence-electron chi connectivity index (χ4n) is 2.37. The number of carbonyl (C=O) groups excluding carboxylic acids is 1. The van der Waals surface area contributed by atoms with Gasteiger partial charge in [-0.25, -0.2) is 13.6 Å². The van der Waals surface area contributed by atoms with Crippen LogP contribution in [0.15, 0.2) is 12.3 Å². The molecule has 1 aliphatic heterocycles. The van der Waals surface area contributed by atoms with Gasteiger partial charge in [0.15, 0.2) is 5.82 Å². The van der Waals surface area contributed by atoms with Gasteiger partial charge in [-0.05, 0) is 19.3 Å². The fraction of sp³-hybridized carbons (Fsp3) is 0.692. The number of hydrogen-bond acceptors (Lipinski definition) is 3. The van der Waals surface area contributed by atoms with Gasteiger partial charge in [-0.1, -0.05) is 6.92 Å². The Bertz CT molecular complexity index is 461. The zero-order chi connectivity index (χ0) is 15.2. The Hall–Kier alpha value is -1.70. The van der Waals surface area contributed by atoms with E-state index < -0.39 is 19.0 Å². The average molecular weight is 302 g/mol. The molecule has 2 heterocycles. The molecule has 2 amide bonds. The molecule has 2 rings (SSSR count). The highest BCUT2D eigenvalue weighted by Gasteiger charge is 2.26. The Kier molecular flexibility index (Phi) is 5.49. The molecule has 0 aromatic carbocycles. The van der Waals surface area contributed by atoms with Crippen LogP contribution < -0.4 is 10.6 Å². The molecule has 1 aromatic heterocycles. The summed E-state index contributed by atoms with van der Waals surface area (Å²) in [6.07, 6.45) is 1.66. The minimum atomic E-state index is -2.48. The van der Waals surface area contributed by atoms with Gasteiger partial charge in [0, 0.05) is 18.9 Å². The van der Waals surface area contributed by atoms with Crippen LogP contribution in [0.3, 0.4) is 0 Å². The van der Waals surface area contributed by atoms with Crippen LogP contribution in [0.4, 0.5) is 19.4 Å². The molecule has 6 nitrogen and oxygen atoms in total. The Morgan fingerprint density at radius 3 is 3.05 bits per heavy atom. The molecule has 1 aliphatic rings. The minimum absolute atomic E-state index is 0.0390. The quantitative estimate of drug-likeness (QED) is 0.846. The number of aromatic nitrogens is 2. The summed E-state index contributed by atoms with van der Waals surface area (Å²) >= 11 is 0. The number of ether oxygens (including phenoxy) is 1. The molecule has 118 valence electrons. The van der Waals surface area contributed by atoms with E-state index in [9.17, 15) is 13.6 Å². The predicted octanol–water partition coefficient (Wildman–Crippen LogP) is 2.23. The van der Waals surface area contributed by atoms with E-state index in [2.05, 4.69) is 15.7 Å². The molecule has 0 radical (unpaired) electrons. The molecular weight excluding hydrogens is 282 g/mol. The Labute approximate surface area is 121 Å². The molecule has 21 heavy (non-hydrogen) atoms. The van der Waals surface area contributed by atoms with Crippen LogP contribution in [0.5, 0.6) is 0 Å². The van der Waals surface area contributed by atoms with Crippen LogP contribution in [0.2, 0.25) is 0 Å². The van der Waals surface area contributed by atoms with Crippen LogP contribution >= 0.6 is 0 Å². The van der Waals surface area contributed by atoms with E-state index in [0.717, 1.165) is 30.6 Å². The summed E-state index contributed by atoms with van der Waals surface area (Å²) in [5.74, 6) is 0.246. The number of nitrogens with zero attached hydrogens (tertiary/aromatic N) is 2. The molecule has 0 spiro atoms. The minimum Gasteiger partial charge on any atom is -0.376 e.